The maximum Gasteiger partial charge on any atom is 0.0931 e. The SMILES string of the molecule is CN(Cc1ccc(Cl)s1)CC(C)(N)c1ccccc1. The average molecular weight is 295 g/mol. The maximum atomic E-state index is 6.43. The van der Waals surface area contributed by atoms with Gasteiger partial charge in [0.1, 0.15) is 0 Å². The molecule has 0 saturated heterocycles. The van der Waals surface area contributed by atoms with E-state index in [-0.39, 0.29) is 5.54 Å². The summed E-state index contributed by atoms with van der Waals surface area (Å²) >= 11 is 7.57. The van der Waals surface area contributed by atoms with Gasteiger partial charge in [-0.25, -0.2) is 0 Å². The molecule has 2 N–H and O–H groups in total. The molecule has 0 bridgehead atoms. The third-order valence-corrected chi connectivity index (χ3v) is 4.30. The lowest BCUT2D eigenvalue weighted by Crippen LogP contribution is -2.43. The molecule has 0 aliphatic heterocycles. The van der Waals surface area contributed by atoms with Gasteiger partial charge >= 0.3 is 0 Å². The van der Waals surface area contributed by atoms with Crippen molar-refractivity contribution in [2.24, 2.45) is 5.73 Å². The standard InChI is InChI=1S/C15H19ClN2S/c1-15(17,12-6-4-3-5-7-12)11-18(2)10-13-8-9-14(16)19-13/h3-9H,10-11,17H2,1-2H3. The number of rotatable bonds is 5. The Balaban J connectivity index is 2.00. The number of benzene rings is 1. The Morgan fingerprint density at radius 1 is 1.21 bits per heavy atom. The van der Waals surface area contributed by atoms with Gasteiger partial charge in [0.2, 0.25) is 0 Å². The van der Waals surface area contributed by atoms with E-state index in [4.69, 9.17) is 17.3 Å². The molecule has 1 aromatic carbocycles. The fraction of sp³-hybridized carbons (Fsp3) is 0.333. The molecule has 2 aromatic rings. The zero-order valence-electron chi connectivity index (χ0n) is 11.3. The molecule has 1 unspecified atom stereocenters. The summed E-state index contributed by atoms with van der Waals surface area (Å²) in [4.78, 5) is 3.49. The Kier molecular flexibility index (Phi) is 4.63. The number of likely N-dealkylation sites (N-methyl/N-ethyl adjacent to an activating group) is 1. The van der Waals surface area contributed by atoms with Gasteiger partial charge in [-0.2, -0.15) is 0 Å². The van der Waals surface area contributed by atoms with Gasteiger partial charge in [0.05, 0.1) is 9.88 Å². The zero-order valence-corrected chi connectivity index (χ0v) is 12.8. The summed E-state index contributed by atoms with van der Waals surface area (Å²) in [6, 6.07) is 14.2. The summed E-state index contributed by atoms with van der Waals surface area (Å²) in [5.74, 6) is 0. The van der Waals surface area contributed by atoms with Crippen LogP contribution in [0.25, 0.3) is 0 Å². The Bertz CT molecular complexity index is 522. The van der Waals surface area contributed by atoms with Crippen molar-refractivity contribution in [2.45, 2.75) is 19.0 Å². The number of hydrogen-bond acceptors (Lipinski definition) is 3. The van der Waals surface area contributed by atoms with E-state index in [0.717, 1.165) is 23.0 Å². The monoisotopic (exact) mass is 294 g/mol. The smallest absolute Gasteiger partial charge is 0.0931 e. The molecule has 2 nitrogen and oxygen atoms in total. The van der Waals surface area contributed by atoms with Gasteiger partial charge in [0.15, 0.2) is 0 Å². The second-order valence-corrected chi connectivity index (χ2v) is 6.96. The summed E-state index contributed by atoms with van der Waals surface area (Å²) in [5, 5.41) is 0. The second kappa shape index (κ2) is 6.06. The Labute approximate surface area is 123 Å². The van der Waals surface area contributed by atoms with Crippen molar-refractivity contribution in [3.63, 3.8) is 0 Å². The number of hydrogen-bond donors (Lipinski definition) is 1. The van der Waals surface area contributed by atoms with Crippen LogP contribution in [0, 0.1) is 0 Å². The highest BCUT2D eigenvalue weighted by Gasteiger charge is 2.22. The van der Waals surface area contributed by atoms with Crippen molar-refractivity contribution in [3.05, 3.63) is 57.2 Å². The molecule has 2 rings (SSSR count). The van der Waals surface area contributed by atoms with Crippen molar-refractivity contribution in [3.8, 4) is 0 Å². The fourth-order valence-electron chi connectivity index (χ4n) is 2.23. The highest BCUT2D eigenvalue weighted by atomic mass is 35.5. The van der Waals surface area contributed by atoms with E-state index in [9.17, 15) is 0 Å². The molecule has 102 valence electrons. The third kappa shape index (κ3) is 4.05. The first-order valence-corrected chi connectivity index (χ1v) is 7.44. The number of nitrogens with two attached hydrogens (primary N) is 1. The van der Waals surface area contributed by atoms with Crippen LogP contribution in [-0.2, 0) is 12.1 Å². The van der Waals surface area contributed by atoms with E-state index in [1.54, 1.807) is 11.3 Å². The van der Waals surface area contributed by atoms with Gasteiger partial charge in [-0.1, -0.05) is 41.9 Å². The van der Waals surface area contributed by atoms with Crippen molar-refractivity contribution >= 4 is 22.9 Å². The zero-order chi connectivity index (χ0) is 13.9. The minimum atomic E-state index is -0.350. The van der Waals surface area contributed by atoms with Gasteiger partial charge < -0.3 is 5.73 Å². The molecule has 0 aliphatic carbocycles. The largest absolute Gasteiger partial charge is 0.321 e. The second-order valence-electron chi connectivity index (χ2n) is 5.16. The van der Waals surface area contributed by atoms with E-state index >= 15 is 0 Å². The lowest BCUT2D eigenvalue weighted by atomic mass is 9.93. The summed E-state index contributed by atoms with van der Waals surface area (Å²) < 4.78 is 0.835. The molecule has 0 fully saturated rings. The molecule has 0 spiro atoms. The third-order valence-electron chi connectivity index (χ3n) is 3.09. The molecule has 1 aromatic heterocycles. The van der Waals surface area contributed by atoms with E-state index in [0.29, 0.717) is 0 Å². The van der Waals surface area contributed by atoms with Gasteiger partial charge in [0.25, 0.3) is 0 Å². The molecule has 0 saturated carbocycles. The summed E-state index contributed by atoms with van der Waals surface area (Å²) in [6.07, 6.45) is 0. The minimum absolute atomic E-state index is 0.350. The summed E-state index contributed by atoms with van der Waals surface area (Å²) in [6.45, 7) is 3.74. The van der Waals surface area contributed by atoms with Crippen LogP contribution in [0.3, 0.4) is 0 Å². The fourth-order valence-corrected chi connectivity index (χ4v) is 3.40. The van der Waals surface area contributed by atoms with Crippen LogP contribution in [0.2, 0.25) is 4.34 Å². The van der Waals surface area contributed by atoms with Gasteiger partial charge in [-0.05, 0) is 31.7 Å². The predicted octanol–water partition coefficient (Wildman–Crippen LogP) is 3.71. The molecule has 4 heteroatoms. The topological polar surface area (TPSA) is 29.3 Å². The number of halogens is 1. The molecule has 0 amide bonds. The van der Waals surface area contributed by atoms with Crippen LogP contribution in [0.1, 0.15) is 17.4 Å². The lowest BCUT2D eigenvalue weighted by Gasteiger charge is -2.30. The Morgan fingerprint density at radius 2 is 1.89 bits per heavy atom. The van der Waals surface area contributed by atoms with Crippen molar-refractivity contribution < 1.29 is 0 Å². The van der Waals surface area contributed by atoms with E-state index < -0.39 is 0 Å². The van der Waals surface area contributed by atoms with E-state index in [1.165, 1.54) is 4.88 Å². The van der Waals surface area contributed by atoms with Crippen molar-refractivity contribution in [1.29, 1.82) is 0 Å². The summed E-state index contributed by atoms with van der Waals surface area (Å²) in [5.41, 5.74) is 7.24. The number of nitrogens with zero attached hydrogens (tertiary/aromatic N) is 1. The van der Waals surface area contributed by atoms with E-state index in [1.807, 2.05) is 24.3 Å². The summed E-state index contributed by atoms with van der Waals surface area (Å²) in [7, 11) is 2.08. The minimum Gasteiger partial charge on any atom is -0.321 e. The van der Waals surface area contributed by atoms with Crippen molar-refractivity contribution in [1.82, 2.24) is 4.90 Å². The molecular formula is C15H19ClN2S. The molecular weight excluding hydrogens is 276 g/mol. The van der Waals surface area contributed by atoms with Gasteiger partial charge in [0, 0.05) is 18.0 Å². The Morgan fingerprint density at radius 3 is 2.47 bits per heavy atom. The first-order chi connectivity index (χ1) is 8.97. The molecule has 0 radical (unpaired) electrons. The van der Waals surface area contributed by atoms with Crippen molar-refractivity contribution in [2.75, 3.05) is 13.6 Å². The molecule has 1 atom stereocenters. The van der Waals surface area contributed by atoms with Crippen LogP contribution in [0.15, 0.2) is 42.5 Å². The predicted molar refractivity (Wildman–Crippen MR) is 83.6 cm³/mol. The quantitative estimate of drug-likeness (QED) is 0.911. The van der Waals surface area contributed by atoms with Crippen LogP contribution >= 0.6 is 22.9 Å². The van der Waals surface area contributed by atoms with Crippen LogP contribution in [0.4, 0.5) is 0 Å². The maximum absolute atomic E-state index is 6.43. The van der Waals surface area contributed by atoms with Gasteiger partial charge in [-0.15, -0.1) is 11.3 Å². The lowest BCUT2D eigenvalue weighted by molar-refractivity contribution is 0.254. The van der Waals surface area contributed by atoms with Crippen LogP contribution in [0.5, 0.6) is 0 Å². The van der Waals surface area contributed by atoms with Crippen LogP contribution in [-0.4, -0.2) is 18.5 Å². The van der Waals surface area contributed by atoms with Gasteiger partial charge in [-0.3, -0.25) is 4.90 Å². The normalized spacial score (nSPS) is 14.6. The first kappa shape index (κ1) is 14.5. The van der Waals surface area contributed by atoms with E-state index in [2.05, 4.69) is 37.1 Å². The van der Waals surface area contributed by atoms with Crippen LogP contribution < -0.4 is 5.73 Å². The first-order valence-electron chi connectivity index (χ1n) is 6.24. The Hall–Kier alpha value is -0.870. The average Bonchev–Trinajstić information content (AvgIpc) is 2.75. The molecule has 1 heterocycles. The highest BCUT2D eigenvalue weighted by Crippen LogP contribution is 2.24. The highest BCUT2D eigenvalue weighted by molar-refractivity contribution is 7.16. The molecule has 19 heavy (non-hydrogen) atoms. The molecule has 0 aliphatic rings. The number of thiophene rings is 1.